The molecule has 7 nitrogen and oxygen atoms in total. The number of benzene rings is 1. The number of ether oxygens (including phenoxy) is 1. The number of hydrogen-bond acceptors (Lipinski definition) is 5. The van der Waals surface area contributed by atoms with Crippen LogP contribution < -0.4 is 10.6 Å². The molecule has 1 aromatic heterocycles. The smallest absolute Gasteiger partial charge is 0.416 e. The zero-order chi connectivity index (χ0) is 23.3. The van der Waals surface area contributed by atoms with Crippen molar-refractivity contribution in [3.8, 4) is 6.07 Å². The third-order valence-corrected chi connectivity index (χ3v) is 4.88. The van der Waals surface area contributed by atoms with Gasteiger partial charge in [-0.05, 0) is 36.8 Å². The zero-order valence-electron chi connectivity index (χ0n) is 17.0. The number of carbonyl (C=O) groups excluding carboxylic acids is 2. The molecule has 0 saturated heterocycles. The average molecular weight is 444 g/mol. The van der Waals surface area contributed by atoms with Crippen molar-refractivity contribution in [2.75, 3.05) is 12.4 Å². The summed E-state index contributed by atoms with van der Waals surface area (Å²) in [4.78, 5) is 29.5. The number of alkyl halides is 3. The molecule has 0 radical (unpaired) electrons. The summed E-state index contributed by atoms with van der Waals surface area (Å²) in [5.41, 5.74) is -0.192. The molecule has 1 aliphatic rings. The van der Waals surface area contributed by atoms with Crippen LogP contribution in [0.5, 0.6) is 0 Å². The lowest BCUT2D eigenvalue weighted by atomic mass is 9.89. The van der Waals surface area contributed by atoms with Gasteiger partial charge in [0.05, 0.1) is 29.5 Å². The SMILES string of the molecule is COC1=C(C(NC(=O)Nc2cccc(C(F)(F)F)c2)c2ccc(C#N)cn2)C(=O)CCC1. The number of nitrogens with zero attached hydrogens (tertiary/aromatic N) is 2. The van der Waals surface area contributed by atoms with E-state index in [1.165, 1.54) is 37.6 Å². The Morgan fingerprint density at radius 1 is 1.25 bits per heavy atom. The van der Waals surface area contributed by atoms with Gasteiger partial charge in [-0.25, -0.2) is 4.79 Å². The molecular formula is C22H19F3N4O3. The quantitative estimate of drug-likeness (QED) is 0.707. The summed E-state index contributed by atoms with van der Waals surface area (Å²) in [6, 6.07) is 7.26. The minimum absolute atomic E-state index is 0.0697. The number of ketones is 1. The number of nitrogens with one attached hydrogen (secondary N) is 2. The Hall–Kier alpha value is -3.87. The molecule has 0 aliphatic heterocycles. The third kappa shape index (κ3) is 5.24. The van der Waals surface area contributed by atoms with Gasteiger partial charge in [-0.3, -0.25) is 9.78 Å². The Kier molecular flexibility index (Phi) is 6.78. The highest BCUT2D eigenvalue weighted by Crippen LogP contribution is 2.33. The maximum Gasteiger partial charge on any atom is 0.416 e. The van der Waals surface area contributed by atoms with Gasteiger partial charge < -0.3 is 15.4 Å². The molecule has 1 unspecified atom stereocenters. The van der Waals surface area contributed by atoms with E-state index in [0.29, 0.717) is 18.6 Å². The molecule has 1 aromatic carbocycles. The zero-order valence-corrected chi connectivity index (χ0v) is 17.0. The van der Waals surface area contributed by atoms with Crippen LogP contribution in [0.1, 0.15) is 42.1 Å². The predicted octanol–water partition coefficient (Wildman–Crippen LogP) is 4.49. The fourth-order valence-electron chi connectivity index (χ4n) is 3.38. The van der Waals surface area contributed by atoms with Gasteiger partial charge in [0.25, 0.3) is 0 Å². The van der Waals surface area contributed by atoms with Gasteiger partial charge in [-0.2, -0.15) is 18.4 Å². The van der Waals surface area contributed by atoms with E-state index in [2.05, 4.69) is 15.6 Å². The lowest BCUT2D eigenvalue weighted by molar-refractivity contribution is -0.137. The number of rotatable bonds is 5. The number of amides is 2. The molecule has 2 amide bonds. The Labute approximate surface area is 181 Å². The Morgan fingerprint density at radius 2 is 2.03 bits per heavy atom. The van der Waals surface area contributed by atoms with E-state index in [0.717, 1.165) is 12.1 Å². The van der Waals surface area contributed by atoms with Gasteiger partial charge in [-0.1, -0.05) is 6.07 Å². The summed E-state index contributed by atoms with van der Waals surface area (Å²) in [5, 5.41) is 14.0. The van der Waals surface area contributed by atoms with Crippen LogP contribution in [0, 0.1) is 11.3 Å². The number of urea groups is 1. The first-order valence-corrected chi connectivity index (χ1v) is 9.64. The number of Topliss-reactive ketones (excluding diaryl/α,β-unsaturated/α-hetero) is 1. The second-order valence-electron chi connectivity index (χ2n) is 7.01. The van der Waals surface area contributed by atoms with Gasteiger partial charge in [0.2, 0.25) is 0 Å². The monoisotopic (exact) mass is 444 g/mol. The summed E-state index contributed by atoms with van der Waals surface area (Å²) in [7, 11) is 1.42. The van der Waals surface area contributed by atoms with E-state index in [9.17, 15) is 22.8 Å². The van der Waals surface area contributed by atoms with Gasteiger partial charge in [-0.15, -0.1) is 0 Å². The fourth-order valence-corrected chi connectivity index (χ4v) is 3.38. The Morgan fingerprint density at radius 3 is 2.66 bits per heavy atom. The van der Waals surface area contributed by atoms with Gasteiger partial charge >= 0.3 is 12.2 Å². The van der Waals surface area contributed by atoms with Crippen LogP contribution in [0.2, 0.25) is 0 Å². The molecule has 1 atom stereocenters. The number of carbonyl (C=O) groups is 2. The van der Waals surface area contributed by atoms with Crippen molar-refractivity contribution in [1.82, 2.24) is 10.3 Å². The van der Waals surface area contributed by atoms with E-state index >= 15 is 0 Å². The molecule has 0 fully saturated rings. The molecule has 3 rings (SSSR count). The topological polar surface area (TPSA) is 104 Å². The minimum atomic E-state index is -4.56. The minimum Gasteiger partial charge on any atom is -0.501 e. The number of nitriles is 1. The van der Waals surface area contributed by atoms with Gasteiger partial charge in [0.1, 0.15) is 17.9 Å². The second-order valence-corrected chi connectivity index (χ2v) is 7.01. The second kappa shape index (κ2) is 9.51. The molecule has 0 spiro atoms. The number of halogens is 3. The van der Waals surface area contributed by atoms with Crippen molar-refractivity contribution in [3.63, 3.8) is 0 Å². The van der Waals surface area contributed by atoms with Crippen molar-refractivity contribution in [3.05, 3.63) is 70.7 Å². The van der Waals surface area contributed by atoms with Gasteiger partial charge in [0, 0.05) is 24.7 Å². The molecule has 0 saturated carbocycles. The van der Waals surface area contributed by atoms with Crippen LogP contribution in [0.4, 0.5) is 23.7 Å². The lowest BCUT2D eigenvalue weighted by Crippen LogP contribution is -2.37. The number of pyridine rings is 1. The Bertz CT molecular complexity index is 1090. The molecule has 10 heteroatoms. The van der Waals surface area contributed by atoms with Crippen molar-refractivity contribution >= 4 is 17.5 Å². The third-order valence-electron chi connectivity index (χ3n) is 4.88. The van der Waals surface area contributed by atoms with Crippen LogP contribution in [-0.4, -0.2) is 23.9 Å². The molecule has 1 heterocycles. The molecule has 166 valence electrons. The number of aromatic nitrogens is 1. The standard InChI is InChI=1S/C22H19F3N4O3/c1-32-18-7-3-6-17(30)19(18)20(16-9-8-13(11-26)12-27-16)29-21(31)28-15-5-2-4-14(10-15)22(23,24)25/h2,4-5,8-10,12,20H,3,6-7H2,1H3,(H2,28,29,31). The van der Waals surface area contributed by atoms with E-state index in [1.807, 2.05) is 6.07 Å². The maximum absolute atomic E-state index is 12.9. The van der Waals surface area contributed by atoms with E-state index < -0.39 is 23.8 Å². The number of methoxy groups -OCH3 is 1. The normalized spacial score (nSPS) is 15.0. The number of allylic oxidation sites excluding steroid dienone is 1. The summed E-state index contributed by atoms with van der Waals surface area (Å²) in [5.74, 6) is 0.167. The molecular weight excluding hydrogens is 425 g/mol. The first-order chi connectivity index (χ1) is 15.2. The highest BCUT2D eigenvalue weighted by atomic mass is 19.4. The van der Waals surface area contributed by atoms with Gasteiger partial charge in [0.15, 0.2) is 5.78 Å². The molecule has 0 bridgehead atoms. The largest absolute Gasteiger partial charge is 0.501 e. The summed E-state index contributed by atoms with van der Waals surface area (Å²) < 4.78 is 44.2. The van der Waals surface area contributed by atoms with Crippen molar-refractivity contribution in [2.45, 2.75) is 31.5 Å². The van der Waals surface area contributed by atoms with Crippen molar-refractivity contribution in [1.29, 1.82) is 5.26 Å². The van der Waals surface area contributed by atoms with Crippen LogP contribution in [0.25, 0.3) is 0 Å². The first kappa shape index (κ1) is 22.8. The highest BCUT2D eigenvalue weighted by molar-refractivity contribution is 5.99. The van der Waals surface area contributed by atoms with E-state index in [1.54, 1.807) is 0 Å². The first-order valence-electron chi connectivity index (χ1n) is 9.64. The Balaban J connectivity index is 1.92. The average Bonchev–Trinajstić information content (AvgIpc) is 2.77. The van der Waals surface area contributed by atoms with Crippen LogP contribution in [-0.2, 0) is 15.7 Å². The molecule has 2 N–H and O–H groups in total. The molecule has 32 heavy (non-hydrogen) atoms. The predicted molar refractivity (Wildman–Crippen MR) is 108 cm³/mol. The summed E-state index contributed by atoms with van der Waals surface area (Å²) in [6.45, 7) is 0. The van der Waals surface area contributed by atoms with Crippen molar-refractivity contribution < 1.29 is 27.5 Å². The van der Waals surface area contributed by atoms with E-state index in [-0.39, 0.29) is 34.7 Å². The molecule has 1 aliphatic carbocycles. The lowest BCUT2D eigenvalue weighted by Gasteiger charge is -2.26. The number of anilines is 1. The van der Waals surface area contributed by atoms with Crippen molar-refractivity contribution in [2.24, 2.45) is 0 Å². The summed E-state index contributed by atoms with van der Waals surface area (Å²) >= 11 is 0. The molecule has 2 aromatic rings. The van der Waals surface area contributed by atoms with E-state index in [4.69, 9.17) is 10.00 Å². The highest BCUT2D eigenvalue weighted by Gasteiger charge is 2.33. The fraction of sp³-hybridized carbons (Fsp3) is 0.273. The van der Waals surface area contributed by atoms with Crippen LogP contribution in [0.3, 0.4) is 0 Å². The van der Waals surface area contributed by atoms with Crippen LogP contribution in [0.15, 0.2) is 53.9 Å². The maximum atomic E-state index is 12.9. The number of hydrogen-bond donors (Lipinski definition) is 2. The van der Waals surface area contributed by atoms with Crippen LogP contribution >= 0.6 is 0 Å². The summed E-state index contributed by atoms with van der Waals surface area (Å²) in [6.07, 6.45) is -1.92.